The number of unbranched alkanes of at least 4 members (excludes halogenated alkanes) is 1. The number of carbonyl (C=O) groups is 1. The van der Waals surface area contributed by atoms with Crippen molar-refractivity contribution >= 4 is 5.91 Å². The summed E-state index contributed by atoms with van der Waals surface area (Å²) in [6.45, 7) is 7.28. The average Bonchev–Trinajstić information content (AvgIpc) is 3.30. The van der Waals surface area contributed by atoms with Crippen molar-refractivity contribution in [3.63, 3.8) is 0 Å². The van der Waals surface area contributed by atoms with Gasteiger partial charge in [-0.3, -0.25) is 4.79 Å². The smallest absolute Gasteiger partial charge is 0.224 e. The maximum absolute atomic E-state index is 12.3. The first-order chi connectivity index (χ1) is 15.5. The molecule has 32 heavy (non-hydrogen) atoms. The fraction of sp³-hybridized carbons (Fsp3) is 0.815. The molecule has 1 aliphatic heterocycles. The number of aliphatic hydroxyl groups excluding tert-OH is 2. The number of piperidine rings is 1. The standard InChI is InChI=1S/C27H45NO4/c1-3-4-8-20(2)15-23(29)9-10-24-25-17-21(16-22(25)18-26(24)30)19-32-14-11-27(31)28-12-6-5-7-13-28/h9-10,16,20,22-26,29-30H,3-8,11-15,17-19H2,1-2H3/t20-,22-,23+,24+,25-,26+/m0/s1. The summed E-state index contributed by atoms with van der Waals surface area (Å²) in [5.74, 6) is 1.65. The minimum Gasteiger partial charge on any atom is -0.392 e. The number of amides is 1. The molecule has 0 aromatic heterocycles. The van der Waals surface area contributed by atoms with Gasteiger partial charge in [0.05, 0.1) is 31.8 Å². The van der Waals surface area contributed by atoms with Crippen LogP contribution >= 0.6 is 0 Å². The molecule has 5 heteroatoms. The second-order valence-corrected chi connectivity index (χ2v) is 10.4. The number of carbonyl (C=O) groups excluding carboxylic acids is 1. The zero-order chi connectivity index (χ0) is 22.9. The number of allylic oxidation sites excluding steroid dienone is 1. The molecular weight excluding hydrogens is 402 g/mol. The van der Waals surface area contributed by atoms with E-state index in [2.05, 4.69) is 26.0 Å². The van der Waals surface area contributed by atoms with E-state index >= 15 is 0 Å². The van der Waals surface area contributed by atoms with Crippen LogP contribution in [0.15, 0.2) is 23.8 Å². The molecule has 5 nitrogen and oxygen atoms in total. The number of hydrogen-bond acceptors (Lipinski definition) is 4. The molecule has 0 bridgehead atoms. The molecule has 0 unspecified atom stereocenters. The van der Waals surface area contributed by atoms with Crippen molar-refractivity contribution in [2.24, 2.45) is 23.7 Å². The quantitative estimate of drug-likeness (QED) is 0.342. The zero-order valence-electron chi connectivity index (χ0n) is 20.3. The van der Waals surface area contributed by atoms with E-state index in [1.165, 1.54) is 24.8 Å². The van der Waals surface area contributed by atoms with Crippen molar-refractivity contribution in [3.8, 4) is 0 Å². The Kier molecular flexibility index (Phi) is 10.3. The number of hydrogen-bond donors (Lipinski definition) is 2. The molecule has 0 spiro atoms. The van der Waals surface area contributed by atoms with Gasteiger partial charge in [-0.05, 0) is 61.9 Å². The lowest BCUT2D eigenvalue weighted by molar-refractivity contribution is -0.133. The van der Waals surface area contributed by atoms with Crippen molar-refractivity contribution in [1.29, 1.82) is 0 Å². The Hall–Kier alpha value is -1.17. The van der Waals surface area contributed by atoms with E-state index in [-0.39, 0.29) is 17.9 Å². The van der Waals surface area contributed by atoms with Crippen molar-refractivity contribution in [3.05, 3.63) is 23.8 Å². The predicted molar refractivity (Wildman–Crippen MR) is 128 cm³/mol. The number of aliphatic hydroxyl groups is 2. The molecule has 1 amide bonds. The Bertz CT molecular complexity index is 640. The van der Waals surface area contributed by atoms with Crippen molar-refractivity contribution in [2.75, 3.05) is 26.3 Å². The largest absolute Gasteiger partial charge is 0.392 e. The molecule has 0 aromatic rings. The van der Waals surface area contributed by atoms with Gasteiger partial charge in [0.15, 0.2) is 0 Å². The van der Waals surface area contributed by atoms with Gasteiger partial charge in [-0.2, -0.15) is 0 Å². The van der Waals surface area contributed by atoms with E-state index < -0.39 is 6.10 Å². The van der Waals surface area contributed by atoms with E-state index in [9.17, 15) is 15.0 Å². The Labute approximate surface area is 194 Å². The Morgan fingerprint density at radius 3 is 2.84 bits per heavy atom. The molecule has 0 radical (unpaired) electrons. The first-order valence-electron chi connectivity index (χ1n) is 13.1. The summed E-state index contributed by atoms with van der Waals surface area (Å²) in [6, 6.07) is 0. The van der Waals surface area contributed by atoms with Crippen LogP contribution in [-0.4, -0.2) is 59.5 Å². The number of fused-ring (bicyclic) bond motifs is 1. The van der Waals surface area contributed by atoms with Gasteiger partial charge in [-0.25, -0.2) is 0 Å². The van der Waals surface area contributed by atoms with E-state index in [1.54, 1.807) is 0 Å². The lowest BCUT2D eigenvalue weighted by atomic mass is 9.88. The molecule has 2 aliphatic carbocycles. The maximum atomic E-state index is 12.3. The van der Waals surface area contributed by atoms with E-state index in [0.29, 0.717) is 37.4 Å². The summed E-state index contributed by atoms with van der Waals surface area (Å²) in [7, 11) is 0. The van der Waals surface area contributed by atoms with Crippen LogP contribution in [0.2, 0.25) is 0 Å². The molecule has 1 saturated heterocycles. The van der Waals surface area contributed by atoms with Crippen LogP contribution in [-0.2, 0) is 9.53 Å². The first kappa shape index (κ1) is 25.5. The Morgan fingerprint density at radius 2 is 2.09 bits per heavy atom. The second kappa shape index (κ2) is 12.9. The fourth-order valence-electron chi connectivity index (χ4n) is 5.79. The van der Waals surface area contributed by atoms with Gasteiger partial charge < -0.3 is 19.8 Å². The summed E-state index contributed by atoms with van der Waals surface area (Å²) in [5, 5.41) is 21.0. The van der Waals surface area contributed by atoms with Gasteiger partial charge in [0.1, 0.15) is 0 Å². The molecule has 2 fully saturated rings. The molecule has 182 valence electrons. The average molecular weight is 448 g/mol. The topological polar surface area (TPSA) is 70.0 Å². The van der Waals surface area contributed by atoms with Crippen LogP contribution in [0.4, 0.5) is 0 Å². The van der Waals surface area contributed by atoms with E-state index in [4.69, 9.17) is 4.74 Å². The number of nitrogens with zero attached hydrogens (tertiary/aromatic N) is 1. The third-order valence-corrected chi connectivity index (χ3v) is 7.66. The van der Waals surface area contributed by atoms with E-state index in [0.717, 1.165) is 51.6 Å². The van der Waals surface area contributed by atoms with Crippen molar-refractivity contribution in [2.45, 2.75) is 90.3 Å². The summed E-state index contributed by atoms with van der Waals surface area (Å²) in [5.41, 5.74) is 1.30. The molecular formula is C27H45NO4. The Morgan fingerprint density at radius 1 is 1.31 bits per heavy atom. The molecule has 3 aliphatic rings. The van der Waals surface area contributed by atoms with Crippen LogP contribution in [0.3, 0.4) is 0 Å². The van der Waals surface area contributed by atoms with Gasteiger partial charge in [0, 0.05) is 19.0 Å². The number of ether oxygens (including phenoxy) is 1. The van der Waals surface area contributed by atoms with Gasteiger partial charge in [-0.1, -0.05) is 51.3 Å². The zero-order valence-corrected chi connectivity index (χ0v) is 20.3. The predicted octanol–water partition coefficient (Wildman–Crippen LogP) is 4.48. The highest BCUT2D eigenvalue weighted by Crippen LogP contribution is 2.47. The lowest BCUT2D eigenvalue weighted by Crippen LogP contribution is -2.36. The summed E-state index contributed by atoms with van der Waals surface area (Å²) < 4.78 is 5.84. The highest BCUT2D eigenvalue weighted by atomic mass is 16.5. The van der Waals surface area contributed by atoms with Gasteiger partial charge in [0.2, 0.25) is 5.91 Å². The maximum Gasteiger partial charge on any atom is 0.224 e. The molecule has 0 aromatic carbocycles. The minimum absolute atomic E-state index is 0.107. The number of rotatable bonds is 12. The Balaban J connectivity index is 1.38. The normalized spacial score (nSPS) is 29.9. The van der Waals surface area contributed by atoms with Gasteiger partial charge in [-0.15, -0.1) is 0 Å². The van der Waals surface area contributed by atoms with Crippen molar-refractivity contribution in [1.82, 2.24) is 4.90 Å². The van der Waals surface area contributed by atoms with Crippen molar-refractivity contribution < 1.29 is 19.7 Å². The molecule has 1 saturated carbocycles. The highest BCUT2D eigenvalue weighted by Gasteiger charge is 2.43. The minimum atomic E-state index is -0.428. The molecule has 3 rings (SSSR count). The van der Waals surface area contributed by atoms with Crippen LogP contribution in [0.1, 0.15) is 78.1 Å². The van der Waals surface area contributed by atoms with Crippen LogP contribution < -0.4 is 0 Å². The van der Waals surface area contributed by atoms with Crippen LogP contribution in [0.25, 0.3) is 0 Å². The van der Waals surface area contributed by atoms with Crippen LogP contribution in [0, 0.1) is 23.7 Å². The van der Waals surface area contributed by atoms with Gasteiger partial charge in [0.25, 0.3) is 0 Å². The first-order valence-corrected chi connectivity index (χ1v) is 13.1. The monoisotopic (exact) mass is 447 g/mol. The summed E-state index contributed by atoms with van der Waals surface area (Å²) in [4.78, 5) is 14.2. The third kappa shape index (κ3) is 7.43. The highest BCUT2D eigenvalue weighted by molar-refractivity contribution is 5.76. The third-order valence-electron chi connectivity index (χ3n) is 7.66. The van der Waals surface area contributed by atoms with Gasteiger partial charge >= 0.3 is 0 Å². The summed E-state index contributed by atoms with van der Waals surface area (Å²) >= 11 is 0. The second-order valence-electron chi connectivity index (χ2n) is 10.4. The fourth-order valence-corrected chi connectivity index (χ4v) is 5.79. The van der Waals surface area contributed by atoms with Crippen LogP contribution in [0.5, 0.6) is 0 Å². The molecule has 2 N–H and O–H groups in total. The SMILES string of the molecule is CCCC[C@H](C)C[C@H](O)C=C[C@@H]1[C@H]2CC(COCCC(=O)N3CCCCC3)=C[C@H]2C[C@H]1O. The molecule has 1 heterocycles. The number of likely N-dealkylation sites (tertiary alicyclic amines) is 1. The lowest BCUT2D eigenvalue weighted by Gasteiger charge is -2.26. The van der Waals surface area contributed by atoms with E-state index in [1.807, 2.05) is 11.0 Å². The molecule has 6 atom stereocenters. The summed E-state index contributed by atoms with van der Waals surface area (Å²) in [6.07, 6.45) is 15.6.